The average molecular weight is 295 g/mol. The normalized spacial score (nSPS) is 11.7. The van der Waals surface area contributed by atoms with E-state index in [-0.39, 0.29) is 11.7 Å². The lowest BCUT2D eigenvalue weighted by Crippen LogP contribution is -2.36. The third-order valence-electron chi connectivity index (χ3n) is 3.81. The van der Waals surface area contributed by atoms with E-state index in [9.17, 15) is 4.79 Å². The first kappa shape index (κ1) is 17.7. The molecule has 0 spiro atoms. The second-order valence-electron chi connectivity index (χ2n) is 5.96. The molecule has 0 aliphatic carbocycles. The zero-order valence-electron chi connectivity index (χ0n) is 13.9. The van der Waals surface area contributed by atoms with Crippen LogP contribution in [-0.2, 0) is 6.54 Å². The lowest BCUT2D eigenvalue weighted by molar-refractivity contribution is 0.0924. The summed E-state index contributed by atoms with van der Waals surface area (Å²) in [5, 5.41) is 0. The van der Waals surface area contributed by atoms with E-state index < -0.39 is 0 Å². The van der Waals surface area contributed by atoms with E-state index in [0.717, 1.165) is 37.3 Å². The number of carbonyl (C=O) groups is 1. The highest BCUT2D eigenvalue weighted by Crippen LogP contribution is 2.20. The quantitative estimate of drug-likeness (QED) is 0.439. The van der Waals surface area contributed by atoms with E-state index in [1.807, 2.05) is 6.92 Å². The van der Waals surface area contributed by atoms with Crippen LogP contribution in [0.5, 0.6) is 0 Å². The Kier molecular flexibility index (Phi) is 6.92. The molecule has 0 fully saturated rings. The van der Waals surface area contributed by atoms with Crippen molar-refractivity contribution in [2.75, 3.05) is 6.54 Å². The topological polar surface area (TPSA) is 71.5 Å². The van der Waals surface area contributed by atoms with Gasteiger partial charge in [0.25, 0.3) is 0 Å². The number of nitrogen functional groups attached to an aromatic ring is 1. The van der Waals surface area contributed by atoms with Gasteiger partial charge in [0, 0.05) is 24.7 Å². The van der Waals surface area contributed by atoms with Crippen LogP contribution in [0, 0.1) is 12.8 Å². The molecule has 0 atom stereocenters. The highest BCUT2D eigenvalue weighted by Gasteiger charge is 2.20. The fourth-order valence-electron chi connectivity index (χ4n) is 2.70. The van der Waals surface area contributed by atoms with Gasteiger partial charge < -0.3 is 4.42 Å². The lowest BCUT2D eigenvalue weighted by Gasteiger charge is -2.31. The van der Waals surface area contributed by atoms with Gasteiger partial charge in [0.05, 0.1) is 0 Å². The minimum absolute atomic E-state index is 0.277. The number of nitrogens with zero attached hydrogens (tertiary/aromatic N) is 1. The van der Waals surface area contributed by atoms with E-state index >= 15 is 0 Å². The molecule has 1 amide bonds. The van der Waals surface area contributed by atoms with E-state index in [0.29, 0.717) is 12.0 Å². The molecule has 0 aromatic carbocycles. The molecule has 0 saturated carbocycles. The SMILES string of the molecule is CCC(CC)N(Cc1cc(C(=O)NN)oc1C)CC(C)C. The van der Waals surface area contributed by atoms with Gasteiger partial charge in [0.2, 0.25) is 0 Å². The molecule has 1 aromatic rings. The van der Waals surface area contributed by atoms with Gasteiger partial charge in [0.1, 0.15) is 5.76 Å². The standard InChI is InChI=1S/C16H29N3O2/c1-6-14(7-2)19(9-11(3)4)10-13-8-15(16(20)18-17)21-12(13)5/h8,11,14H,6-7,9-10,17H2,1-5H3,(H,18,20). The molecule has 21 heavy (non-hydrogen) atoms. The van der Waals surface area contributed by atoms with Crippen molar-refractivity contribution in [1.29, 1.82) is 0 Å². The maximum Gasteiger partial charge on any atom is 0.300 e. The monoisotopic (exact) mass is 295 g/mol. The molecule has 1 heterocycles. The number of amides is 1. The molecule has 5 heteroatoms. The smallest absolute Gasteiger partial charge is 0.300 e. The molecule has 0 aliphatic heterocycles. The Bertz CT molecular complexity index is 450. The summed E-state index contributed by atoms with van der Waals surface area (Å²) in [5.74, 6) is 6.43. The number of hydrogen-bond donors (Lipinski definition) is 2. The molecule has 5 nitrogen and oxygen atoms in total. The number of nitrogens with one attached hydrogen (secondary N) is 1. The maximum atomic E-state index is 11.5. The number of aryl methyl sites for hydroxylation is 1. The number of hydrazine groups is 1. The molecule has 0 aliphatic rings. The Hall–Kier alpha value is -1.33. The minimum atomic E-state index is -0.387. The van der Waals surface area contributed by atoms with Crippen LogP contribution in [0.4, 0.5) is 0 Å². The fraction of sp³-hybridized carbons (Fsp3) is 0.688. The van der Waals surface area contributed by atoms with Gasteiger partial charge in [-0.3, -0.25) is 15.1 Å². The molecule has 0 saturated heterocycles. The summed E-state index contributed by atoms with van der Waals surface area (Å²) >= 11 is 0. The molecule has 0 unspecified atom stereocenters. The summed E-state index contributed by atoms with van der Waals surface area (Å²) in [6.07, 6.45) is 2.24. The number of rotatable bonds is 8. The molecule has 0 bridgehead atoms. The summed E-state index contributed by atoms with van der Waals surface area (Å²) in [5.41, 5.74) is 3.16. The highest BCUT2D eigenvalue weighted by molar-refractivity contribution is 5.91. The first-order valence-electron chi connectivity index (χ1n) is 7.77. The van der Waals surface area contributed by atoms with E-state index in [4.69, 9.17) is 10.3 Å². The van der Waals surface area contributed by atoms with Crippen molar-refractivity contribution in [1.82, 2.24) is 10.3 Å². The van der Waals surface area contributed by atoms with Crippen LogP contribution in [0.15, 0.2) is 10.5 Å². The van der Waals surface area contributed by atoms with Crippen LogP contribution in [-0.4, -0.2) is 23.4 Å². The van der Waals surface area contributed by atoms with Crippen molar-refractivity contribution in [2.45, 2.75) is 60.0 Å². The average Bonchev–Trinajstić information content (AvgIpc) is 2.80. The van der Waals surface area contributed by atoms with Gasteiger partial charge in [-0.25, -0.2) is 5.84 Å². The van der Waals surface area contributed by atoms with Crippen LogP contribution in [0.3, 0.4) is 0 Å². The van der Waals surface area contributed by atoms with Crippen molar-refractivity contribution >= 4 is 5.91 Å². The highest BCUT2D eigenvalue weighted by atomic mass is 16.4. The van der Waals surface area contributed by atoms with Gasteiger partial charge in [-0.15, -0.1) is 0 Å². The van der Waals surface area contributed by atoms with Crippen molar-refractivity contribution in [3.63, 3.8) is 0 Å². The summed E-state index contributed by atoms with van der Waals surface area (Å²) in [6.45, 7) is 12.6. The molecule has 3 N–H and O–H groups in total. The summed E-state index contributed by atoms with van der Waals surface area (Å²) < 4.78 is 5.50. The number of carbonyl (C=O) groups excluding carboxylic acids is 1. The molecular weight excluding hydrogens is 266 g/mol. The van der Waals surface area contributed by atoms with Gasteiger partial charge in [-0.05, 0) is 31.7 Å². The van der Waals surface area contributed by atoms with Crippen LogP contribution in [0.1, 0.15) is 62.4 Å². The van der Waals surface area contributed by atoms with Gasteiger partial charge in [-0.2, -0.15) is 0 Å². The number of hydrogen-bond acceptors (Lipinski definition) is 4. The van der Waals surface area contributed by atoms with E-state index in [2.05, 4.69) is 38.0 Å². The predicted octanol–water partition coefficient (Wildman–Crippen LogP) is 2.84. The van der Waals surface area contributed by atoms with Gasteiger partial charge in [-0.1, -0.05) is 27.7 Å². The maximum absolute atomic E-state index is 11.5. The zero-order chi connectivity index (χ0) is 16.0. The lowest BCUT2D eigenvalue weighted by atomic mass is 10.1. The van der Waals surface area contributed by atoms with Crippen molar-refractivity contribution in [2.24, 2.45) is 11.8 Å². The first-order chi connectivity index (χ1) is 9.92. The Morgan fingerprint density at radius 2 is 2.00 bits per heavy atom. The molecule has 0 radical (unpaired) electrons. The molecule has 1 aromatic heterocycles. The summed E-state index contributed by atoms with van der Waals surface area (Å²) in [4.78, 5) is 14.0. The Labute approximate surface area is 127 Å². The van der Waals surface area contributed by atoms with Crippen molar-refractivity contribution in [3.8, 4) is 0 Å². The third kappa shape index (κ3) is 4.86. The summed E-state index contributed by atoms with van der Waals surface area (Å²) in [7, 11) is 0. The Morgan fingerprint density at radius 3 is 2.48 bits per heavy atom. The van der Waals surface area contributed by atoms with Crippen LogP contribution >= 0.6 is 0 Å². The number of nitrogens with two attached hydrogens (primary N) is 1. The Morgan fingerprint density at radius 1 is 1.38 bits per heavy atom. The van der Waals surface area contributed by atoms with Gasteiger partial charge >= 0.3 is 5.91 Å². The fourth-order valence-corrected chi connectivity index (χ4v) is 2.70. The summed E-state index contributed by atoms with van der Waals surface area (Å²) in [6, 6.07) is 2.35. The van der Waals surface area contributed by atoms with E-state index in [1.165, 1.54) is 0 Å². The zero-order valence-corrected chi connectivity index (χ0v) is 13.9. The molecular formula is C16H29N3O2. The Balaban J connectivity index is 2.92. The predicted molar refractivity (Wildman–Crippen MR) is 84.7 cm³/mol. The van der Waals surface area contributed by atoms with Crippen LogP contribution in [0.25, 0.3) is 0 Å². The molecule has 1 rings (SSSR count). The van der Waals surface area contributed by atoms with Crippen molar-refractivity contribution < 1.29 is 9.21 Å². The van der Waals surface area contributed by atoms with Crippen molar-refractivity contribution in [3.05, 3.63) is 23.2 Å². The van der Waals surface area contributed by atoms with E-state index in [1.54, 1.807) is 6.07 Å². The second kappa shape index (κ2) is 8.20. The number of furan rings is 1. The largest absolute Gasteiger partial charge is 0.456 e. The third-order valence-corrected chi connectivity index (χ3v) is 3.81. The first-order valence-corrected chi connectivity index (χ1v) is 7.77. The van der Waals surface area contributed by atoms with Crippen LogP contribution in [0.2, 0.25) is 0 Å². The van der Waals surface area contributed by atoms with Gasteiger partial charge in [0.15, 0.2) is 5.76 Å². The molecule has 120 valence electrons. The second-order valence-corrected chi connectivity index (χ2v) is 5.96. The minimum Gasteiger partial charge on any atom is -0.456 e. The van der Waals surface area contributed by atoms with Crippen LogP contribution < -0.4 is 11.3 Å².